The van der Waals surface area contributed by atoms with E-state index in [2.05, 4.69) is 10.8 Å². The number of allylic oxidation sites excluding steroid dienone is 1. The van der Waals surface area contributed by atoms with Gasteiger partial charge in [0, 0.05) is 23.6 Å². The highest BCUT2D eigenvalue weighted by molar-refractivity contribution is 7.77. The van der Waals surface area contributed by atoms with Crippen molar-refractivity contribution in [1.29, 1.82) is 5.26 Å². The number of ether oxygens (including phenoxy) is 1. The molecular formula is C9H12N2O3S. The van der Waals surface area contributed by atoms with Crippen LogP contribution in [0.3, 0.4) is 0 Å². The molecular weight excluding hydrogens is 216 g/mol. The molecule has 0 aromatic rings. The smallest absolute Gasteiger partial charge is 0.232 e. The first kappa shape index (κ1) is 11.9. The summed E-state index contributed by atoms with van der Waals surface area (Å²) in [4.78, 5) is 0. The van der Waals surface area contributed by atoms with Gasteiger partial charge in [-0.05, 0) is 13.0 Å². The SMILES string of the molecule is COC1=CC(NS(=O)O)CC(C#N)=C1C. The Balaban J connectivity index is 2.91. The molecule has 0 aromatic carbocycles. The fraction of sp³-hybridized carbons (Fsp3) is 0.444. The lowest BCUT2D eigenvalue weighted by molar-refractivity contribution is 0.294. The number of nitrogens with zero attached hydrogens (tertiary/aromatic N) is 1. The normalized spacial score (nSPS) is 23.1. The van der Waals surface area contributed by atoms with E-state index >= 15 is 0 Å². The number of nitriles is 1. The third-order valence-corrected chi connectivity index (χ3v) is 2.71. The first-order valence-corrected chi connectivity index (χ1v) is 5.42. The van der Waals surface area contributed by atoms with Gasteiger partial charge in [0.05, 0.1) is 13.2 Å². The van der Waals surface area contributed by atoms with Crippen LogP contribution in [0.15, 0.2) is 23.0 Å². The van der Waals surface area contributed by atoms with Crippen molar-refractivity contribution in [3.05, 3.63) is 23.0 Å². The quantitative estimate of drug-likeness (QED) is 0.702. The molecule has 0 bridgehead atoms. The average Bonchev–Trinajstić information content (AvgIpc) is 2.19. The summed E-state index contributed by atoms with van der Waals surface area (Å²) in [6.45, 7) is 1.79. The second-order valence-corrected chi connectivity index (χ2v) is 3.86. The second kappa shape index (κ2) is 5.07. The van der Waals surface area contributed by atoms with Gasteiger partial charge in [-0.15, -0.1) is 0 Å². The van der Waals surface area contributed by atoms with Crippen molar-refractivity contribution in [2.75, 3.05) is 7.11 Å². The van der Waals surface area contributed by atoms with Crippen molar-refractivity contribution in [2.24, 2.45) is 0 Å². The summed E-state index contributed by atoms with van der Waals surface area (Å²) in [6, 6.07) is 1.72. The molecule has 82 valence electrons. The Morgan fingerprint density at radius 2 is 2.47 bits per heavy atom. The molecule has 1 rings (SSSR count). The van der Waals surface area contributed by atoms with Gasteiger partial charge in [-0.25, -0.2) is 8.93 Å². The Kier molecular flexibility index (Phi) is 4.03. The molecule has 0 amide bonds. The number of rotatable bonds is 3. The summed E-state index contributed by atoms with van der Waals surface area (Å²) in [6.07, 6.45) is 2.10. The van der Waals surface area contributed by atoms with Crippen LogP contribution >= 0.6 is 0 Å². The van der Waals surface area contributed by atoms with Crippen molar-refractivity contribution < 1.29 is 13.5 Å². The first-order chi connectivity index (χ1) is 7.08. The van der Waals surface area contributed by atoms with Crippen LogP contribution in [-0.4, -0.2) is 21.9 Å². The van der Waals surface area contributed by atoms with Crippen LogP contribution in [0.2, 0.25) is 0 Å². The maximum absolute atomic E-state index is 10.6. The summed E-state index contributed by atoms with van der Waals surface area (Å²) in [7, 11) is 1.50. The molecule has 0 aliphatic heterocycles. The van der Waals surface area contributed by atoms with Crippen molar-refractivity contribution in [2.45, 2.75) is 19.4 Å². The van der Waals surface area contributed by atoms with Crippen LogP contribution in [0, 0.1) is 11.3 Å². The molecule has 0 radical (unpaired) electrons. The van der Waals surface area contributed by atoms with Crippen LogP contribution in [-0.2, 0) is 16.0 Å². The van der Waals surface area contributed by atoms with Crippen molar-refractivity contribution >= 4 is 11.3 Å². The predicted octanol–water partition coefficient (Wildman–Crippen LogP) is 0.855. The minimum absolute atomic E-state index is 0.343. The Morgan fingerprint density at radius 1 is 1.80 bits per heavy atom. The van der Waals surface area contributed by atoms with E-state index < -0.39 is 11.3 Å². The largest absolute Gasteiger partial charge is 0.497 e. The number of hydrogen-bond acceptors (Lipinski definition) is 3. The van der Waals surface area contributed by atoms with Crippen molar-refractivity contribution in [3.8, 4) is 6.07 Å². The lowest BCUT2D eigenvalue weighted by atomic mass is 9.95. The highest BCUT2D eigenvalue weighted by atomic mass is 32.2. The Morgan fingerprint density at radius 3 is 2.93 bits per heavy atom. The van der Waals surface area contributed by atoms with E-state index in [9.17, 15) is 4.21 Å². The predicted molar refractivity (Wildman–Crippen MR) is 55.7 cm³/mol. The zero-order chi connectivity index (χ0) is 11.4. The van der Waals surface area contributed by atoms with Gasteiger partial charge < -0.3 is 4.74 Å². The molecule has 1 aliphatic carbocycles. The molecule has 5 nitrogen and oxygen atoms in total. The molecule has 2 unspecified atom stereocenters. The zero-order valence-corrected chi connectivity index (χ0v) is 9.30. The van der Waals surface area contributed by atoms with Gasteiger partial charge >= 0.3 is 0 Å². The van der Waals surface area contributed by atoms with E-state index in [0.717, 1.165) is 5.57 Å². The van der Waals surface area contributed by atoms with Crippen LogP contribution in [0.25, 0.3) is 0 Å². The van der Waals surface area contributed by atoms with Gasteiger partial charge in [0.15, 0.2) is 0 Å². The molecule has 0 saturated heterocycles. The van der Waals surface area contributed by atoms with Gasteiger partial charge in [0.2, 0.25) is 11.3 Å². The molecule has 6 heteroatoms. The first-order valence-electron chi connectivity index (χ1n) is 4.31. The van der Waals surface area contributed by atoms with Gasteiger partial charge in [-0.1, -0.05) is 0 Å². The molecule has 2 atom stereocenters. The van der Waals surface area contributed by atoms with Crippen LogP contribution in [0.1, 0.15) is 13.3 Å². The van der Waals surface area contributed by atoms with E-state index in [1.54, 1.807) is 13.0 Å². The highest BCUT2D eigenvalue weighted by Gasteiger charge is 2.21. The molecule has 2 N–H and O–H groups in total. The summed E-state index contributed by atoms with van der Waals surface area (Å²) in [5.74, 6) is 0.570. The van der Waals surface area contributed by atoms with Crippen LogP contribution < -0.4 is 4.72 Å². The minimum Gasteiger partial charge on any atom is -0.497 e. The van der Waals surface area contributed by atoms with E-state index in [-0.39, 0.29) is 6.04 Å². The second-order valence-electron chi connectivity index (χ2n) is 3.13. The fourth-order valence-electron chi connectivity index (χ4n) is 1.44. The number of methoxy groups -OCH3 is 1. The lowest BCUT2D eigenvalue weighted by Gasteiger charge is -2.20. The van der Waals surface area contributed by atoms with Gasteiger partial charge in [0.25, 0.3) is 0 Å². The lowest BCUT2D eigenvalue weighted by Crippen LogP contribution is -2.31. The summed E-state index contributed by atoms with van der Waals surface area (Å²) in [5, 5.41) is 8.87. The van der Waals surface area contributed by atoms with Crippen molar-refractivity contribution in [3.63, 3.8) is 0 Å². The fourth-order valence-corrected chi connectivity index (χ4v) is 1.85. The monoisotopic (exact) mass is 228 g/mol. The molecule has 0 aromatic heterocycles. The Bertz CT molecular complexity index is 381. The number of hydrogen-bond donors (Lipinski definition) is 2. The van der Waals surface area contributed by atoms with E-state index in [0.29, 0.717) is 17.8 Å². The Hall–Kier alpha value is -1.16. The summed E-state index contributed by atoms with van der Waals surface area (Å²) in [5.41, 5.74) is 1.35. The molecule has 1 aliphatic rings. The van der Waals surface area contributed by atoms with Gasteiger partial charge in [-0.2, -0.15) is 5.26 Å². The third-order valence-electron chi connectivity index (χ3n) is 2.21. The third kappa shape index (κ3) is 2.89. The minimum atomic E-state index is -2.09. The summed E-state index contributed by atoms with van der Waals surface area (Å²) >= 11 is -2.09. The highest BCUT2D eigenvalue weighted by Crippen LogP contribution is 2.25. The maximum atomic E-state index is 10.6. The average molecular weight is 228 g/mol. The van der Waals surface area contributed by atoms with Gasteiger partial charge in [-0.3, -0.25) is 4.55 Å². The topological polar surface area (TPSA) is 82.3 Å². The van der Waals surface area contributed by atoms with Crippen LogP contribution in [0.5, 0.6) is 0 Å². The van der Waals surface area contributed by atoms with Gasteiger partial charge in [0.1, 0.15) is 5.76 Å². The summed E-state index contributed by atoms with van der Waals surface area (Å²) < 4.78 is 26.7. The molecule has 0 heterocycles. The molecule has 0 fully saturated rings. The molecule has 0 spiro atoms. The Labute approximate surface area is 90.8 Å². The van der Waals surface area contributed by atoms with E-state index in [4.69, 9.17) is 14.6 Å². The van der Waals surface area contributed by atoms with E-state index in [1.807, 2.05) is 0 Å². The maximum Gasteiger partial charge on any atom is 0.232 e. The standard InChI is InChI=1S/C9H12N2O3S/c1-6-7(5-10)3-8(11-15(12)13)4-9(6)14-2/h4,8,11H,3H2,1-2H3,(H,12,13). The zero-order valence-electron chi connectivity index (χ0n) is 8.48. The van der Waals surface area contributed by atoms with Crippen LogP contribution in [0.4, 0.5) is 0 Å². The molecule has 0 saturated carbocycles. The number of nitrogens with one attached hydrogen (secondary N) is 1. The van der Waals surface area contributed by atoms with E-state index in [1.165, 1.54) is 7.11 Å². The van der Waals surface area contributed by atoms with Crippen molar-refractivity contribution in [1.82, 2.24) is 4.72 Å². The molecule has 15 heavy (non-hydrogen) atoms.